The highest BCUT2D eigenvalue weighted by atomic mass is 79.9. The molecule has 0 saturated carbocycles. The van der Waals surface area contributed by atoms with Gasteiger partial charge in [-0.2, -0.15) is 0 Å². The third kappa shape index (κ3) is 2.90. The fourth-order valence-electron chi connectivity index (χ4n) is 2.61. The third-order valence-corrected chi connectivity index (χ3v) is 5.22. The number of nitrogens with one attached hydrogen (secondary N) is 1. The van der Waals surface area contributed by atoms with E-state index in [9.17, 15) is 0 Å². The van der Waals surface area contributed by atoms with Crippen molar-refractivity contribution in [2.24, 2.45) is 0 Å². The number of thiophene rings is 1. The predicted molar refractivity (Wildman–Crippen MR) is 75.5 cm³/mol. The average Bonchev–Trinajstić information content (AvgIpc) is 2.70. The van der Waals surface area contributed by atoms with E-state index in [1.807, 2.05) is 11.3 Å². The predicted octanol–water partition coefficient (Wildman–Crippen LogP) is 1.60. The molecule has 2 fully saturated rings. The summed E-state index contributed by atoms with van der Waals surface area (Å²) in [6, 6.07) is 5.18. The van der Waals surface area contributed by atoms with Gasteiger partial charge in [-0.3, -0.25) is 9.80 Å². The molecule has 0 atom stereocenters. The molecule has 0 spiro atoms. The number of hydrogen-bond acceptors (Lipinski definition) is 4. The van der Waals surface area contributed by atoms with Gasteiger partial charge in [0.1, 0.15) is 0 Å². The van der Waals surface area contributed by atoms with Gasteiger partial charge < -0.3 is 5.32 Å². The zero-order valence-corrected chi connectivity index (χ0v) is 12.3. The van der Waals surface area contributed by atoms with Crippen LogP contribution in [0.1, 0.15) is 4.88 Å². The normalized spacial score (nSPS) is 23.8. The first kappa shape index (κ1) is 12.1. The molecule has 0 aromatic carbocycles. The highest BCUT2D eigenvalue weighted by molar-refractivity contribution is 9.11. The summed E-state index contributed by atoms with van der Waals surface area (Å²) in [5, 5.41) is 3.41. The Bertz CT molecular complexity index is 370. The van der Waals surface area contributed by atoms with Crippen LogP contribution in [0.5, 0.6) is 0 Å². The first-order valence-electron chi connectivity index (χ1n) is 6.22. The highest BCUT2D eigenvalue weighted by Gasteiger charge is 2.32. The van der Waals surface area contributed by atoms with Crippen LogP contribution in [-0.2, 0) is 6.54 Å². The topological polar surface area (TPSA) is 18.5 Å². The zero-order chi connectivity index (χ0) is 11.7. The van der Waals surface area contributed by atoms with Crippen LogP contribution >= 0.6 is 27.3 Å². The largest absolute Gasteiger partial charge is 0.314 e. The molecule has 1 aromatic rings. The minimum absolute atomic E-state index is 0.806. The summed E-state index contributed by atoms with van der Waals surface area (Å²) in [7, 11) is 0. The number of rotatable bonds is 3. The maximum Gasteiger partial charge on any atom is 0.0701 e. The van der Waals surface area contributed by atoms with E-state index in [1.165, 1.54) is 34.8 Å². The number of likely N-dealkylation sites (tertiary alicyclic amines) is 1. The van der Waals surface area contributed by atoms with Gasteiger partial charge in [0.25, 0.3) is 0 Å². The second kappa shape index (κ2) is 5.36. The summed E-state index contributed by atoms with van der Waals surface area (Å²) in [5.41, 5.74) is 0. The molecule has 1 aromatic heterocycles. The van der Waals surface area contributed by atoms with Crippen LogP contribution in [-0.4, -0.2) is 55.1 Å². The van der Waals surface area contributed by atoms with Crippen LogP contribution in [0.4, 0.5) is 0 Å². The molecule has 3 rings (SSSR count). The summed E-state index contributed by atoms with van der Waals surface area (Å²) < 4.78 is 1.24. The van der Waals surface area contributed by atoms with E-state index in [1.54, 1.807) is 0 Å². The van der Waals surface area contributed by atoms with Gasteiger partial charge in [0, 0.05) is 56.7 Å². The van der Waals surface area contributed by atoms with Crippen LogP contribution in [0.15, 0.2) is 15.9 Å². The Hall–Kier alpha value is 0.0600. The molecular formula is C12H18BrN3S. The van der Waals surface area contributed by atoms with Crippen molar-refractivity contribution in [1.29, 1.82) is 0 Å². The van der Waals surface area contributed by atoms with Crippen molar-refractivity contribution in [2.75, 3.05) is 39.3 Å². The lowest BCUT2D eigenvalue weighted by atomic mass is 10.1. The number of piperazine rings is 1. The molecule has 3 nitrogen and oxygen atoms in total. The first-order valence-corrected chi connectivity index (χ1v) is 7.83. The summed E-state index contributed by atoms with van der Waals surface area (Å²) in [4.78, 5) is 6.65. The molecular weight excluding hydrogens is 298 g/mol. The number of halogens is 1. The second-order valence-electron chi connectivity index (χ2n) is 4.84. The lowest BCUT2D eigenvalue weighted by Gasteiger charge is -2.46. The van der Waals surface area contributed by atoms with Crippen molar-refractivity contribution in [3.05, 3.63) is 20.8 Å². The van der Waals surface area contributed by atoms with Gasteiger partial charge in [-0.05, 0) is 28.1 Å². The Kier molecular flexibility index (Phi) is 3.82. The smallest absolute Gasteiger partial charge is 0.0701 e. The maximum atomic E-state index is 3.52. The standard InChI is InChI=1S/C12H18BrN3S/c13-12-2-1-11(17-12)9-15-7-10(8-15)16-5-3-14-4-6-16/h1-2,10,14H,3-9H2. The van der Waals surface area contributed by atoms with Crippen molar-refractivity contribution >= 4 is 27.3 Å². The van der Waals surface area contributed by atoms with Gasteiger partial charge >= 0.3 is 0 Å². The van der Waals surface area contributed by atoms with Gasteiger partial charge in [-0.25, -0.2) is 0 Å². The van der Waals surface area contributed by atoms with Gasteiger partial charge in [-0.1, -0.05) is 0 Å². The summed E-state index contributed by atoms with van der Waals surface area (Å²) in [6.07, 6.45) is 0. The molecule has 1 N–H and O–H groups in total. The van der Waals surface area contributed by atoms with E-state index < -0.39 is 0 Å². The van der Waals surface area contributed by atoms with Crippen LogP contribution < -0.4 is 5.32 Å². The van der Waals surface area contributed by atoms with E-state index >= 15 is 0 Å². The fourth-order valence-corrected chi connectivity index (χ4v) is 4.13. The van der Waals surface area contributed by atoms with E-state index in [4.69, 9.17) is 0 Å². The third-order valence-electron chi connectivity index (χ3n) is 3.61. The van der Waals surface area contributed by atoms with Crippen LogP contribution in [0.25, 0.3) is 0 Å². The van der Waals surface area contributed by atoms with Gasteiger partial charge in [0.2, 0.25) is 0 Å². The summed E-state index contributed by atoms with van der Waals surface area (Å²) >= 11 is 5.37. The molecule has 5 heteroatoms. The molecule has 2 aliphatic heterocycles. The Morgan fingerprint density at radius 3 is 2.71 bits per heavy atom. The van der Waals surface area contributed by atoms with Gasteiger partial charge in [0.05, 0.1) is 3.79 Å². The van der Waals surface area contributed by atoms with Crippen molar-refractivity contribution in [3.63, 3.8) is 0 Å². The molecule has 0 unspecified atom stereocenters. The Balaban J connectivity index is 1.45. The second-order valence-corrected chi connectivity index (χ2v) is 7.39. The van der Waals surface area contributed by atoms with Crippen LogP contribution in [0.2, 0.25) is 0 Å². The van der Waals surface area contributed by atoms with E-state index in [0.717, 1.165) is 25.7 Å². The summed E-state index contributed by atoms with van der Waals surface area (Å²) in [5.74, 6) is 0. The Morgan fingerprint density at radius 1 is 1.29 bits per heavy atom. The Morgan fingerprint density at radius 2 is 2.06 bits per heavy atom. The molecule has 94 valence electrons. The van der Waals surface area contributed by atoms with Crippen molar-refractivity contribution in [2.45, 2.75) is 12.6 Å². The van der Waals surface area contributed by atoms with Crippen LogP contribution in [0.3, 0.4) is 0 Å². The lowest BCUT2D eigenvalue weighted by molar-refractivity contribution is 0.0229. The highest BCUT2D eigenvalue weighted by Crippen LogP contribution is 2.25. The van der Waals surface area contributed by atoms with Gasteiger partial charge in [-0.15, -0.1) is 11.3 Å². The lowest BCUT2D eigenvalue weighted by Crippen LogP contribution is -2.62. The quantitative estimate of drug-likeness (QED) is 0.914. The molecule has 0 aliphatic carbocycles. The SMILES string of the molecule is Brc1ccc(CN2CC(N3CCNCC3)C2)s1. The van der Waals surface area contributed by atoms with E-state index in [2.05, 4.69) is 43.2 Å². The minimum atomic E-state index is 0.806. The Labute approximate surface area is 115 Å². The van der Waals surface area contributed by atoms with Crippen LogP contribution in [0, 0.1) is 0 Å². The molecule has 0 bridgehead atoms. The average molecular weight is 316 g/mol. The minimum Gasteiger partial charge on any atom is -0.314 e. The van der Waals surface area contributed by atoms with Crippen molar-refractivity contribution in [3.8, 4) is 0 Å². The zero-order valence-electron chi connectivity index (χ0n) is 9.86. The molecule has 17 heavy (non-hydrogen) atoms. The van der Waals surface area contributed by atoms with Crippen molar-refractivity contribution < 1.29 is 0 Å². The molecule has 3 heterocycles. The fraction of sp³-hybridized carbons (Fsp3) is 0.667. The first-order chi connectivity index (χ1) is 8.31. The molecule has 2 saturated heterocycles. The maximum absolute atomic E-state index is 3.52. The summed E-state index contributed by atoms with van der Waals surface area (Å²) in [6.45, 7) is 8.39. The molecule has 0 amide bonds. The van der Waals surface area contributed by atoms with Crippen molar-refractivity contribution in [1.82, 2.24) is 15.1 Å². The van der Waals surface area contributed by atoms with E-state index in [-0.39, 0.29) is 0 Å². The molecule has 0 radical (unpaired) electrons. The molecule has 2 aliphatic rings. The number of nitrogens with zero attached hydrogens (tertiary/aromatic N) is 2. The van der Waals surface area contributed by atoms with Gasteiger partial charge in [0.15, 0.2) is 0 Å². The van der Waals surface area contributed by atoms with E-state index in [0.29, 0.717) is 0 Å². The number of hydrogen-bond donors (Lipinski definition) is 1. The monoisotopic (exact) mass is 315 g/mol.